The number of hydrogen-bond acceptors (Lipinski definition) is 3. The second-order valence-corrected chi connectivity index (χ2v) is 6.98. The molecule has 1 heterocycles. The van der Waals surface area contributed by atoms with Gasteiger partial charge in [0.25, 0.3) is 5.91 Å². The summed E-state index contributed by atoms with van der Waals surface area (Å²) in [5.74, 6) is 0.365. The fourth-order valence-corrected chi connectivity index (χ4v) is 2.99. The number of benzene rings is 1. The van der Waals surface area contributed by atoms with Crippen LogP contribution in [0.25, 0.3) is 0 Å². The first-order valence-electron chi connectivity index (χ1n) is 8.50. The summed E-state index contributed by atoms with van der Waals surface area (Å²) in [7, 11) is 3.55. The molecule has 0 N–H and O–H groups in total. The van der Waals surface area contributed by atoms with Gasteiger partial charge in [0.15, 0.2) is 6.10 Å². The molecule has 132 valence electrons. The maximum Gasteiger partial charge on any atom is 0.253 e. The summed E-state index contributed by atoms with van der Waals surface area (Å²) in [5, 5.41) is 0. The van der Waals surface area contributed by atoms with Crippen molar-refractivity contribution in [1.29, 1.82) is 0 Å². The van der Waals surface area contributed by atoms with E-state index in [4.69, 9.17) is 4.74 Å². The van der Waals surface area contributed by atoms with E-state index in [0.29, 0.717) is 12.5 Å². The number of carbonyl (C=O) groups excluding carboxylic acids is 2. The first kappa shape index (κ1) is 18.5. The molecule has 0 radical (unpaired) electrons. The fraction of sp³-hybridized carbons (Fsp3) is 0.579. The van der Waals surface area contributed by atoms with Crippen molar-refractivity contribution in [2.45, 2.75) is 39.3 Å². The summed E-state index contributed by atoms with van der Waals surface area (Å²) < 4.78 is 5.69. The van der Waals surface area contributed by atoms with Gasteiger partial charge in [-0.1, -0.05) is 38.1 Å². The average Bonchev–Trinajstić information content (AvgIpc) is 2.55. The Morgan fingerprint density at radius 1 is 1.38 bits per heavy atom. The van der Waals surface area contributed by atoms with Crippen LogP contribution in [0.5, 0.6) is 0 Å². The van der Waals surface area contributed by atoms with Crippen LogP contribution in [-0.2, 0) is 14.3 Å². The molecule has 2 amide bonds. The number of rotatable bonds is 5. The molecule has 1 aromatic carbocycles. The molecule has 5 heteroatoms. The highest BCUT2D eigenvalue weighted by Gasteiger charge is 2.41. The second-order valence-electron chi connectivity index (χ2n) is 6.98. The van der Waals surface area contributed by atoms with Gasteiger partial charge >= 0.3 is 0 Å². The van der Waals surface area contributed by atoms with E-state index in [0.717, 1.165) is 17.5 Å². The lowest BCUT2D eigenvalue weighted by Crippen LogP contribution is -2.53. The number of likely N-dealkylation sites (N-methyl/N-ethyl adjacent to an activating group) is 2. The maximum absolute atomic E-state index is 12.9. The molecular weight excluding hydrogens is 304 g/mol. The van der Waals surface area contributed by atoms with E-state index in [1.165, 1.54) is 0 Å². The van der Waals surface area contributed by atoms with Crippen LogP contribution in [0.1, 0.15) is 37.4 Å². The zero-order chi connectivity index (χ0) is 17.9. The Morgan fingerprint density at radius 2 is 2.04 bits per heavy atom. The van der Waals surface area contributed by atoms with Gasteiger partial charge in [0.2, 0.25) is 5.91 Å². The van der Waals surface area contributed by atoms with Crippen molar-refractivity contribution >= 4 is 11.8 Å². The summed E-state index contributed by atoms with van der Waals surface area (Å²) in [6, 6.07) is 7.45. The third-order valence-corrected chi connectivity index (χ3v) is 4.65. The van der Waals surface area contributed by atoms with Gasteiger partial charge in [-0.3, -0.25) is 9.59 Å². The Balaban J connectivity index is 2.27. The molecule has 0 saturated carbocycles. The normalized spacial score (nSPS) is 21.2. The number of ether oxygens (including phenoxy) is 1. The lowest BCUT2D eigenvalue weighted by Gasteiger charge is -2.40. The molecular formula is C19H28N2O3. The standard InChI is InChI=1S/C19H28N2O3/c1-13(2)10-11-20(4)19(23)18-17(21(5)16(22)12-24-18)15-9-7-6-8-14(15)3/h6-9,13,17-18H,10-12H2,1-5H3/t17-,18+/m1/s1. The predicted molar refractivity (Wildman–Crippen MR) is 93.5 cm³/mol. The van der Waals surface area contributed by atoms with Crippen LogP contribution in [-0.4, -0.2) is 55.0 Å². The Bertz CT molecular complexity index is 600. The van der Waals surface area contributed by atoms with Crippen molar-refractivity contribution in [3.05, 3.63) is 35.4 Å². The summed E-state index contributed by atoms with van der Waals surface area (Å²) in [5.41, 5.74) is 2.01. The molecule has 1 aliphatic rings. The van der Waals surface area contributed by atoms with E-state index in [1.54, 1.807) is 23.9 Å². The van der Waals surface area contributed by atoms with Crippen LogP contribution in [0.4, 0.5) is 0 Å². The molecule has 0 aliphatic carbocycles. The highest BCUT2D eigenvalue weighted by Crippen LogP contribution is 2.32. The number of carbonyl (C=O) groups is 2. The molecule has 0 bridgehead atoms. The summed E-state index contributed by atoms with van der Waals surface area (Å²) in [6.07, 6.45) is 0.282. The van der Waals surface area contributed by atoms with Crippen molar-refractivity contribution in [3.63, 3.8) is 0 Å². The predicted octanol–water partition coefficient (Wildman–Crippen LogP) is 2.40. The van der Waals surface area contributed by atoms with Crippen molar-refractivity contribution in [3.8, 4) is 0 Å². The Morgan fingerprint density at radius 3 is 2.67 bits per heavy atom. The van der Waals surface area contributed by atoms with Crippen LogP contribution in [0.3, 0.4) is 0 Å². The zero-order valence-electron chi connectivity index (χ0n) is 15.3. The van der Waals surface area contributed by atoms with Gasteiger partial charge in [0.1, 0.15) is 6.61 Å². The van der Waals surface area contributed by atoms with E-state index in [1.807, 2.05) is 31.2 Å². The monoisotopic (exact) mass is 332 g/mol. The zero-order valence-corrected chi connectivity index (χ0v) is 15.3. The van der Waals surface area contributed by atoms with Crippen molar-refractivity contribution in [1.82, 2.24) is 9.80 Å². The highest BCUT2D eigenvalue weighted by atomic mass is 16.5. The number of aryl methyl sites for hydroxylation is 1. The maximum atomic E-state index is 12.9. The highest BCUT2D eigenvalue weighted by molar-refractivity contribution is 5.86. The third kappa shape index (κ3) is 3.96. The van der Waals surface area contributed by atoms with Crippen LogP contribution in [0.2, 0.25) is 0 Å². The molecule has 2 rings (SSSR count). The Hall–Kier alpha value is -1.88. The van der Waals surface area contributed by atoms with Gasteiger partial charge in [-0.25, -0.2) is 0 Å². The SMILES string of the molecule is Cc1ccccc1[C@@H]1[C@@H](C(=O)N(C)CCC(C)C)OCC(=O)N1C. The lowest BCUT2D eigenvalue weighted by atomic mass is 9.93. The molecule has 1 aromatic rings. The van der Waals surface area contributed by atoms with Gasteiger partial charge in [0, 0.05) is 20.6 Å². The van der Waals surface area contributed by atoms with E-state index >= 15 is 0 Å². The fourth-order valence-electron chi connectivity index (χ4n) is 2.99. The molecule has 2 atom stereocenters. The lowest BCUT2D eigenvalue weighted by molar-refractivity contribution is -0.166. The molecule has 5 nitrogen and oxygen atoms in total. The van der Waals surface area contributed by atoms with Crippen LogP contribution in [0.15, 0.2) is 24.3 Å². The summed E-state index contributed by atoms with van der Waals surface area (Å²) in [6.45, 7) is 6.91. The molecule has 0 spiro atoms. The third-order valence-electron chi connectivity index (χ3n) is 4.65. The second kappa shape index (κ2) is 7.79. The Kier molecular flexibility index (Phi) is 5.99. The number of amides is 2. The summed E-state index contributed by atoms with van der Waals surface area (Å²) >= 11 is 0. The van der Waals surface area contributed by atoms with E-state index in [2.05, 4.69) is 13.8 Å². The Labute approximate surface area is 144 Å². The summed E-state index contributed by atoms with van der Waals surface area (Å²) in [4.78, 5) is 28.4. The van der Waals surface area contributed by atoms with Gasteiger partial charge in [-0.05, 0) is 30.4 Å². The minimum Gasteiger partial charge on any atom is -0.356 e. The topological polar surface area (TPSA) is 49.9 Å². The van der Waals surface area contributed by atoms with E-state index < -0.39 is 6.10 Å². The number of morpholine rings is 1. The van der Waals surface area contributed by atoms with Crippen LogP contribution in [0, 0.1) is 12.8 Å². The molecule has 1 aliphatic heterocycles. The van der Waals surface area contributed by atoms with Crippen molar-refractivity contribution < 1.29 is 14.3 Å². The van der Waals surface area contributed by atoms with Gasteiger partial charge in [-0.2, -0.15) is 0 Å². The van der Waals surface area contributed by atoms with Crippen molar-refractivity contribution in [2.75, 3.05) is 27.2 Å². The molecule has 1 saturated heterocycles. The van der Waals surface area contributed by atoms with Gasteiger partial charge in [-0.15, -0.1) is 0 Å². The first-order valence-corrected chi connectivity index (χ1v) is 8.50. The minimum atomic E-state index is -0.661. The molecule has 0 aromatic heterocycles. The smallest absolute Gasteiger partial charge is 0.253 e. The van der Waals surface area contributed by atoms with E-state index in [-0.39, 0.29) is 24.5 Å². The van der Waals surface area contributed by atoms with Crippen LogP contribution >= 0.6 is 0 Å². The average molecular weight is 332 g/mol. The quantitative estimate of drug-likeness (QED) is 0.832. The number of hydrogen-bond donors (Lipinski definition) is 0. The van der Waals surface area contributed by atoms with Crippen LogP contribution < -0.4 is 0 Å². The number of nitrogens with zero attached hydrogens (tertiary/aromatic N) is 2. The molecule has 0 unspecified atom stereocenters. The van der Waals surface area contributed by atoms with Gasteiger partial charge in [0.05, 0.1) is 6.04 Å². The minimum absolute atomic E-state index is 0.0483. The van der Waals surface area contributed by atoms with Gasteiger partial charge < -0.3 is 14.5 Å². The first-order chi connectivity index (χ1) is 11.3. The molecule has 1 fully saturated rings. The van der Waals surface area contributed by atoms with Crippen molar-refractivity contribution in [2.24, 2.45) is 5.92 Å². The van der Waals surface area contributed by atoms with E-state index in [9.17, 15) is 9.59 Å². The molecule has 24 heavy (non-hydrogen) atoms. The largest absolute Gasteiger partial charge is 0.356 e.